The van der Waals surface area contributed by atoms with E-state index in [-0.39, 0.29) is 24.7 Å². The Morgan fingerprint density at radius 3 is 2.39 bits per heavy atom. The Bertz CT molecular complexity index is 1090. The standard InChI is InChI=1S/C25H29FIN3O6/c1-5-34-20-12-16(11-19(27)23(20)36-14-21(31)35-6-2)13-28-30-25(33)22(15(3)4)29-24(32)17-7-9-18(26)10-8-17/h7-13,15,22H,5-6,14H2,1-4H3,(H,29,32)(H,30,33). The van der Waals surface area contributed by atoms with E-state index in [1.165, 1.54) is 30.5 Å². The van der Waals surface area contributed by atoms with Crippen molar-refractivity contribution in [3.05, 3.63) is 56.9 Å². The summed E-state index contributed by atoms with van der Waals surface area (Å²) < 4.78 is 29.9. The Morgan fingerprint density at radius 2 is 1.78 bits per heavy atom. The van der Waals surface area contributed by atoms with E-state index in [1.807, 2.05) is 29.5 Å². The summed E-state index contributed by atoms with van der Waals surface area (Å²) in [6.07, 6.45) is 1.43. The maximum absolute atomic E-state index is 13.1. The van der Waals surface area contributed by atoms with Crippen molar-refractivity contribution in [3.63, 3.8) is 0 Å². The summed E-state index contributed by atoms with van der Waals surface area (Å²) in [5, 5.41) is 6.66. The van der Waals surface area contributed by atoms with E-state index in [1.54, 1.807) is 32.9 Å². The molecule has 0 spiro atoms. The Morgan fingerprint density at radius 1 is 1.08 bits per heavy atom. The molecule has 0 radical (unpaired) electrons. The molecule has 2 amide bonds. The fraction of sp³-hybridized carbons (Fsp3) is 0.360. The molecule has 2 aromatic rings. The number of esters is 1. The molecule has 1 atom stereocenters. The second-order valence-electron chi connectivity index (χ2n) is 7.79. The molecule has 0 saturated heterocycles. The molecule has 9 nitrogen and oxygen atoms in total. The highest BCUT2D eigenvalue weighted by Crippen LogP contribution is 2.34. The summed E-state index contributed by atoms with van der Waals surface area (Å²) in [4.78, 5) is 36.8. The van der Waals surface area contributed by atoms with Crippen molar-refractivity contribution in [3.8, 4) is 11.5 Å². The molecule has 2 N–H and O–H groups in total. The zero-order valence-corrected chi connectivity index (χ0v) is 22.6. The van der Waals surface area contributed by atoms with E-state index in [4.69, 9.17) is 14.2 Å². The molecule has 0 aliphatic heterocycles. The smallest absolute Gasteiger partial charge is 0.344 e. The zero-order valence-electron chi connectivity index (χ0n) is 20.5. The van der Waals surface area contributed by atoms with Gasteiger partial charge < -0.3 is 19.5 Å². The van der Waals surface area contributed by atoms with Crippen LogP contribution in [0.15, 0.2) is 41.5 Å². The SMILES string of the molecule is CCOC(=O)COc1c(I)cc(C=NNC(=O)C(NC(=O)c2ccc(F)cc2)C(C)C)cc1OCC. The molecular weight excluding hydrogens is 584 g/mol. The van der Waals surface area contributed by atoms with Crippen LogP contribution >= 0.6 is 22.6 Å². The fourth-order valence-corrected chi connectivity index (χ4v) is 3.78. The van der Waals surface area contributed by atoms with Crippen LogP contribution in [0.3, 0.4) is 0 Å². The van der Waals surface area contributed by atoms with Crippen molar-refractivity contribution in [2.45, 2.75) is 33.7 Å². The highest BCUT2D eigenvalue weighted by Gasteiger charge is 2.24. The van der Waals surface area contributed by atoms with Crippen LogP contribution in [0.2, 0.25) is 0 Å². The Balaban J connectivity index is 2.09. The number of hydrogen-bond donors (Lipinski definition) is 2. The summed E-state index contributed by atoms with van der Waals surface area (Å²) in [5.74, 6) is -1.38. The molecule has 0 heterocycles. The van der Waals surface area contributed by atoms with Crippen molar-refractivity contribution < 1.29 is 33.0 Å². The van der Waals surface area contributed by atoms with Crippen molar-refractivity contribution in [2.24, 2.45) is 11.0 Å². The quantitative estimate of drug-likeness (QED) is 0.164. The lowest BCUT2D eigenvalue weighted by molar-refractivity contribution is -0.145. The average Bonchev–Trinajstić information content (AvgIpc) is 2.82. The molecule has 36 heavy (non-hydrogen) atoms. The lowest BCUT2D eigenvalue weighted by Gasteiger charge is -2.20. The first kappa shape index (κ1) is 29.0. The molecule has 0 fully saturated rings. The number of rotatable bonds is 12. The van der Waals surface area contributed by atoms with E-state index in [9.17, 15) is 18.8 Å². The molecule has 0 aromatic heterocycles. The lowest BCUT2D eigenvalue weighted by atomic mass is 10.0. The first-order chi connectivity index (χ1) is 17.2. The number of hydrogen-bond acceptors (Lipinski definition) is 7. The largest absolute Gasteiger partial charge is 0.490 e. The molecule has 2 aromatic carbocycles. The molecule has 0 saturated carbocycles. The Labute approximate surface area is 222 Å². The van der Waals surface area contributed by atoms with E-state index >= 15 is 0 Å². The topological polar surface area (TPSA) is 115 Å². The third-order valence-electron chi connectivity index (χ3n) is 4.70. The first-order valence-corrected chi connectivity index (χ1v) is 12.4. The fourth-order valence-electron chi connectivity index (χ4n) is 3.00. The summed E-state index contributed by atoms with van der Waals surface area (Å²) in [5.41, 5.74) is 3.29. The number of benzene rings is 2. The number of nitrogens with zero attached hydrogens (tertiary/aromatic N) is 1. The summed E-state index contributed by atoms with van der Waals surface area (Å²) in [6.45, 7) is 7.46. The van der Waals surface area contributed by atoms with Crippen molar-refractivity contribution in [1.82, 2.24) is 10.7 Å². The van der Waals surface area contributed by atoms with Gasteiger partial charge in [-0.1, -0.05) is 13.8 Å². The van der Waals surface area contributed by atoms with Gasteiger partial charge in [0.25, 0.3) is 11.8 Å². The molecule has 0 bridgehead atoms. The second-order valence-corrected chi connectivity index (χ2v) is 8.96. The molecule has 0 aliphatic rings. The molecule has 1 unspecified atom stereocenters. The van der Waals surface area contributed by atoms with Crippen LogP contribution in [-0.2, 0) is 14.3 Å². The van der Waals surface area contributed by atoms with Gasteiger partial charge in [0.1, 0.15) is 11.9 Å². The Hall–Kier alpha value is -3.22. The van der Waals surface area contributed by atoms with Gasteiger partial charge in [-0.15, -0.1) is 0 Å². The summed E-state index contributed by atoms with van der Waals surface area (Å²) in [6, 6.07) is 7.58. The highest BCUT2D eigenvalue weighted by atomic mass is 127. The number of nitrogens with one attached hydrogen (secondary N) is 2. The minimum atomic E-state index is -0.863. The van der Waals surface area contributed by atoms with Crippen LogP contribution in [-0.4, -0.2) is 49.9 Å². The van der Waals surface area contributed by atoms with E-state index in [0.29, 0.717) is 27.2 Å². The van der Waals surface area contributed by atoms with Crippen LogP contribution in [0.1, 0.15) is 43.6 Å². The van der Waals surface area contributed by atoms with Crippen LogP contribution in [0.5, 0.6) is 11.5 Å². The Kier molecular flexibility index (Phi) is 11.6. The maximum atomic E-state index is 13.1. The van der Waals surface area contributed by atoms with E-state index in [0.717, 1.165) is 0 Å². The van der Waals surface area contributed by atoms with Crippen molar-refractivity contribution in [1.29, 1.82) is 0 Å². The number of carbonyl (C=O) groups is 3. The molecule has 2 rings (SSSR count). The number of ether oxygens (including phenoxy) is 3. The van der Waals surface area contributed by atoms with Gasteiger partial charge in [0.2, 0.25) is 0 Å². The number of halogens is 2. The molecule has 0 aliphatic carbocycles. The van der Waals surface area contributed by atoms with Gasteiger partial charge in [0.15, 0.2) is 18.1 Å². The predicted octanol–water partition coefficient (Wildman–Crippen LogP) is 3.68. The van der Waals surface area contributed by atoms with Crippen LogP contribution in [0, 0.1) is 15.3 Å². The van der Waals surface area contributed by atoms with Gasteiger partial charge in [-0.25, -0.2) is 14.6 Å². The number of hydrazone groups is 1. The second kappa shape index (κ2) is 14.4. The van der Waals surface area contributed by atoms with Crippen molar-refractivity contribution >= 4 is 46.6 Å². The van der Waals surface area contributed by atoms with Gasteiger partial charge in [-0.05, 0) is 84.3 Å². The van der Waals surface area contributed by atoms with Crippen molar-refractivity contribution in [2.75, 3.05) is 19.8 Å². The monoisotopic (exact) mass is 613 g/mol. The predicted molar refractivity (Wildman–Crippen MR) is 141 cm³/mol. The summed E-state index contributed by atoms with van der Waals surface area (Å²) >= 11 is 2.05. The van der Waals surface area contributed by atoms with Crippen LogP contribution in [0.4, 0.5) is 4.39 Å². The number of amides is 2. The van der Waals surface area contributed by atoms with E-state index < -0.39 is 29.6 Å². The number of carbonyl (C=O) groups excluding carboxylic acids is 3. The minimum absolute atomic E-state index is 0.231. The zero-order chi connectivity index (χ0) is 26.7. The summed E-state index contributed by atoms with van der Waals surface area (Å²) in [7, 11) is 0. The molecule has 194 valence electrons. The first-order valence-electron chi connectivity index (χ1n) is 11.3. The van der Waals surface area contributed by atoms with Gasteiger partial charge >= 0.3 is 5.97 Å². The molecule has 11 heteroatoms. The van der Waals surface area contributed by atoms with Gasteiger partial charge in [0, 0.05) is 5.56 Å². The van der Waals surface area contributed by atoms with Crippen LogP contribution in [0.25, 0.3) is 0 Å². The third kappa shape index (κ3) is 8.77. The minimum Gasteiger partial charge on any atom is -0.490 e. The lowest BCUT2D eigenvalue weighted by Crippen LogP contribution is -2.48. The molecular formula is C25H29FIN3O6. The normalized spacial score (nSPS) is 11.8. The highest BCUT2D eigenvalue weighted by molar-refractivity contribution is 14.1. The van der Waals surface area contributed by atoms with Gasteiger partial charge in [0.05, 0.1) is 23.0 Å². The van der Waals surface area contributed by atoms with E-state index in [2.05, 4.69) is 15.8 Å². The average molecular weight is 613 g/mol. The van der Waals surface area contributed by atoms with Gasteiger partial charge in [-0.2, -0.15) is 5.10 Å². The van der Waals surface area contributed by atoms with Gasteiger partial charge in [-0.3, -0.25) is 9.59 Å². The maximum Gasteiger partial charge on any atom is 0.344 e. The van der Waals surface area contributed by atoms with Crippen LogP contribution < -0.4 is 20.2 Å². The third-order valence-corrected chi connectivity index (χ3v) is 5.50.